The van der Waals surface area contributed by atoms with E-state index in [4.69, 9.17) is 0 Å². The van der Waals surface area contributed by atoms with Gasteiger partial charge in [0.25, 0.3) is 5.91 Å². The predicted octanol–water partition coefficient (Wildman–Crippen LogP) is 1.79. The highest BCUT2D eigenvalue weighted by Crippen LogP contribution is 2.22. The quantitative estimate of drug-likeness (QED) is 0.855. The van der Waals surface area contributed by atoms with E-state index in [1.54, 1.807) is 0 Å². The van der Waals surface area contributed by atoms with Crippen LogP contribution in [0.5, 0.6) is 0 Å². The minimum absolute atomic E-state index is 0.0680. The topological polar surface area (TPSA) is 52.7 Å². The number of hydrogen-bond donors (Lipinski definition) is 1. The fraction of sp³-hybridized carbons (Fsp3) is 0.571. The molecule has 0 atom stereocenters. The normalized spacial score (nSPS) is 16.0. The number of hydrogen-bond acceptors (Lipinski definition) is 4. The highest BCUT2D eigenvalue weighted by atomic mass is 79.9. The zero-order valence-corrected chi connectivity index (χ0v) is 14.5. The molecule has 1 aromatic rings. The molecule has 2 rings (SSSR count). The molecule has 1 N–H and O–H groups in total. The van der Waals surface area contributed by atoms with Gasteiger partial charge in [0.15, 0.2) is 0 Å². The number of halogens is 1. The monoisotopic (exact) mass is 373 g/mol. The van der Waals surface area contributed by atoms with E-state index in [0.29, 0.717) is 19.6 Å². The van der Waals surface area contributed by atoms with E-state index in [2.05, 4.69) is 26.1 Å². The summed E-state index contributed by atoms with van der Waals surface area (Å²) in [6, 6.07) is 1.86. The number of nitrogens with one attached hydrogen (secondary N) is 1. The Balaban J connectivity index is 1.78. The molecule has 1 aliphatic rings. The maximum absolute atomic E-state index is 12.3. The largest absolute Gasteiger partial charge is 0.355 e. The summed E-state index contributed by atoms with van der Waals surface area (Å²) < 4.78 is 0.970. The molecule has 0 unspecified atom stereocenters. The van der Waals surface area contributed by atoms with Crippen molar-refractivity contribution < 1.29 is 9.59 Å². The summed E-state index contributed by atoms with van der Waals surface area (Å²) in [6.07, 6.45) is 0.949. The molecule has 0 aromatic carbocycles. The second-order valence-corrected chi connectivity index (χ2v) is 7.35. The van der Waals surface area contributed by atoms with E-state index in [1.165, 1.54) is 11.3 Å². The number of carbonyl (C=O) groups is 2. The lowest BCUT2D eigenvalue weighted by Crippen LogP contribution is -2.51. The fourth-order valence-electron chi connectivity index (χ4n) is 2.24. The molecule has 7 heteroatoms. The van der Waals surface area contributed by atoms with E-state index in [-0.39, 0.29) is 11.8 Å². The number of thiophene rings is 1. The molecule has 0 radical (unpaired) electrons. The zero-order chi connectivity index (χ0) is 15.2. The second kappa shape index (κ2) is 7.91. The minimum Gasteiger partial charge on any atom is -0.355 e. The Bertz CT molecular complexity index is 498. The van der Waals surface area contributed by atoms with Crippen LogP contribution < -0.4 is 5.32 Å². The lowest BCUT2D eigenvalue weighted by atomic mass is 10.2. The number of carbonyl (C=O) groups excluding carboxylic acids is 2. The maximum atomic E-state index is 12.3. The summed E-state index contributed by atoms with van der Waals surface area (Å²) in [4.78, 5) is 27.9. The summed E-state index contributed by atoms with van der Waals surface area (Å²) in [5, 5.41) is 4.75. The van der Waals surface area contributed by atoms with Crippen LogP contribution >= 0.6 is 27.3 Å². The van der Waals surface area contributed by atoms with Crippen LogP contribution in [0.1, 0.15) is 23.7 Å². The first-order chi connectivity index (χ1) is 10.1. The van der Waals surface area contributed by atoms with Gasteiger partial charge in [-0.3, -0.25) is 14.5 Å². The van der Waals surface area contributed by atoms with E-state index < -0.39 is 0 Å². The van der Waals surface area contributed by atoms with Crippen molar-refractivity contribution >= 4 is 39.1 Å². The summed E-state index contributed by atoms with van der Waals surface area (Å²) in [5.41, 5.74) is 0.737. The average Bonchev–Trinajstić information content (AvgIpc) is 2.92. The van der Waals surface area contributed by atoms with E-state index in [0.717, 1.165) is 35.4 Å². The van der Waals surface area contributed by atoms with Crippen molar-refractivity contribution in [1.29, 1.82) is 0 Å². The number of amides is 2. The van der Waals surface area contributed by atoms with Crippen LogP contribution in [0.2, 0.25) is 0 Å². The lowest BCUT2D eigenvalue weighted by Gasteiger charge is -2.34. The highest BCUT2D eigenvalue weighted by molar-refractivity contribution is 9.11. The van der Waals surface area contributed by atoms with Crippen molar-refractivity contribution in [2.75, 3.05) is 39.3 Å². The van der Waals surface area contributed by atoms with Crippen LogP contribution in [0.25, 0.3) is 0 Å². The molecular weight excluding hydrogens is 354 g/mol. The smallest absolute Gasteiger partial charge is 0.254 e. The van der Waals surface area contributed by atoms with Crippen molar-refractivity contribution in [3.8, 4) is 0 Å². The first-order valence-corrected chi connectivity index (χ1v) is 8.79. The maximum Gasteiger partial charge on any atom is 0.254 e. The Kier molecular flexibility index (Phi) is 6.20. The van der Waals surface area contributed by atoms with Crippen molar-refractivity contribution in [2.24, 2.45) is 0 Å². The molecule has 1 saturated heterocycles. The Hall–Kier alpha value is -0.920. The van der Waals surface area contributed by atoms with E-state index in [9.17, 15) is 9.59 Å². The lowest BCUT2D eigenvalue weighted by molar-refractivity contribution is -0.122. The molecule has 2 amide bonds. The molecule has 0 spiro atoms. The van der Waals surface area contributed by atoms with Crippen LogP contribution in [-0.2, 0) is 4.79 Å². The molecule has 2 heterocycles. The molecular formula is C14H20BrN3O2S. The van der Waals surface area contributed by atoms with Crippen LogP contribution in [0.3, 0.4) is 0 Å². The fourth-order valence-corrected chi connectivity index (χ4v) is 3.37. The zero-order valence-electron chi connectivity index (χ0n) is 12.1. The van der Waals surface area contributed by atoms with Crippen molar-refractivity contribution in [3.63, 3.8) is 0 Å². The van der Waals surface area contributed by atoms with Gasteiger partial charge in [-0.05, 0) is 28.4 Å². The molecule has 0 saturated carbocycles. The third-order valence-corrected chi connectivity index (χ3v) is 4.92. The van der Waals surface area contributed by atoms with Gasteiger partial charge in [0.2, 0.25) is 5.91 Å². The Morgan fingerprint density at radius 2 is 2.05 bits per heavy atom. The van der Waals surface area contributed by atoms with Gasteiger partial charge in [-0.1, -0.05) is 6.92 Å². The third-order valence-electron chi connectivity index (χ3n) is 3.41. The van der Waals surface area contributed by atoms with Crippen LogP contribution in [-0.4, -0.2) is 60.9 Å². The average molecular weight is 374 g/mol. The van der Waals surface area contributed by atoms with Crippen LogP contribution in [0.15, 0.2) is 15.2 Å². The summed E-state index contributed by atoms with van der Waals surface area (Å²) in [7, 11) is 0. The third kappa shape index (κ3) is 4.79. The van der Waals surface area contributed by atoms with Gasteiger partial charge in [-0.15, -0.1) is 11.3 Å². The molecule has 1 aromatic heterocycles. The van der Waals surface area contributed by atoms with Crippen molar-refractivity contribution in [1.82, 2.24) is 15.1 Å². The standard InChI is InChI=1S/C14H20BrN3O2S/c1-2-3-16-13(19)9-17-4-6-18(7-5-17)14(20)11-8-12(15)21-10-11/h8,10H,2-7,9H2,1H3,(H,16,19). The molecule has 0 aliphatic carbocycles. The van der Waals surface area contributed by atoms with Gasteiger partial charge in [0.05, 0.1) is 15.9 Å². The molecule has 1 fully saturated rings. The van der Waals surface area contributed by atoms with Crippen LogP contribution in [0.4, 0.5) is 0 Å². The van der Waals surface area contributed by atoms with Gasteiger partial charge < -0.3 is 10.2 Å². The Labute approximate surface area is 137 Å². The molecule has 21 heavy (non-hydrogen) atoms. The van der Waals surface area contributed by atoms with E-state index >= 15 is 0 Å². The van der Waals surface area contributed by atoms with Crippen LogP contribution in [0, 0.1) is 0 Å². The van der Waals surface area contributed by atoms with Crippen molar-refractivity contribution in [3.05, 3.63) is 20.8 Å². The summed E-state index contributed by atoms with van der Waals surface area (Å²) >= 11 is 4.90. The van der Waals surface area contributed by atoms with Gasteiger partial charge in [-0.2, -0.15) is 0 Å². The van der Waals surface area contributed by atoms with Gasteiger partial charge in [0.1, 0.15) is 0 Å². The van der Waals surface area contributed by atoms with Gasteiger partial charge >= 0.3 is 0 Å². The Morgan fingerprint density at radius 1 is 1.33 bits per heavy atom. The molecule has 5 nitrogen and oxygen atoms in total. The highest BCUT2D eigenvalue weighted by Gasteiger charge is 2.23. The molecule has 0 bridgehead atoms. The van der Waals surface area contributed by atoms with Crippen molar-refractivity contribution in [2.45, 2.75) is 13.3 Å². The number of nitrogens with zero attached hydrogens (tertiary/aromatic N) is 2. The summed E-state index contributed by atoms with van der Waals surface area (Å²) in [5.74, 6) is 0.144. The molecule has 116 valence electrons. The predicted molar refractivity (Wildman–Crippen MR) is 87.7 cm³/mol. The first-order valence-electron chi connectivity index (χ1n) is 7.12. The number of piperazine rings is 1. The van der Waals surface area contributed by atoms with Gasteiger partial charge in [0, 0.05) is 38.1 Å². The first kappa shape index (κ1) is 16.5. The molecule has 1 aliphatic heterocycles. The number of rotatable bonds is 5. The summed E-state index contributed by atoms with van der Waals surface area (Å²) in [6.45, 7) is 6.03. The van der Waals surface area contributed by atoms with Gasteiger partial charge in [-0.25, -0.2) is 0 Å². The second-order valence-electron chi connectivity index (χ2n) is 5.06. The SMILES string of the molecule is CCCNC(=O)CN1CCN(C(=O)c2csc(Br)c2)CC1. The Morgan fingerprint density at radius 3 is 2.62 bits per heavy atom. The minimum atomic E-state index is 0.0680. The van der Waals surface area contributed by atoms with E-state index in [1.807, 2.05) is 23.3 Å².